The molecular formula is C47H60N4O6. The summed E-state index contributed by atoms with van der Waals surface area (Å²) in [4.78, 5) is 51.9. The maximum Gasteiger partial charge on any atom is 0.320 e. The summed E-state index contributed by atoms with van der Waals surface area (Å²) in [6.45, 7) is 19.1. The minimum atomic E-state index is -1.14. The van der Waals surface area contributed by atoms with Gasteiger partial charge >= 0.3 is 11.9 Å². The second-order valence-corrected chi connectivity index (χ2v) is 16.2. The number of hydrogen-bond donors (Lipinski definition) is 5. The molecule has 1 unspecified atom stereocenters. The van der Waals surface area contributed by atoms with Gasteiger partial charge < -0.3 is 34.8 Å². The van der Waals surface area contributed by atoms with Gasteiger partial charge in [0.25, 0.3) is 0 Å². The number of fused-ring (bicyclic) bond motifs is 8. The molecule has 5 N–H and O–H groups in total. The van der Waals surface area contributed by atoms with Crippen LogP contribution < -0.4 is 26.6 Å². The molecule has 0 spiro atoms. The van der Waals surface area contributed by atoms with Crippen molar-refractivity contribution >= 4 is 53.9 Å². The first kappa shape index (κ1) is 41.4. The van der Waals surface area contributed by atoms with E-state index in [2.05, 4.69) is 60.6 Å². The second kappa shape index (κ2) is 17.5. The third kappa shape index (κ3) is 8.00. The van der Waals surface area contributed by atoms with Crippen LogP contribution in [0.1, 0.15) is 129 Å². The van der Waals surface area contributed by atoms with Crippen LogP contribution in [0.4, 0.5) is 0 Å². The molecule has 3 aromatic rings. The van der Waals surface area contributed by atoms with Gasteiger partial charge in [-0.1, -0.05) is 65.2 Å². The van der Waals surface area contributed by atoms with Gasteiger partial charge in [-0.05, 0) is 105 Å². The third-order valence-electron chi connectivity index (χ3n) is 12.6. The number of ether oxygens (including phenoxy) is 2. The molecule has 0 aromatic carbocycles. The summed E-state index contributed by atoms with van der Waals surface area (Å²) in [6, 6.07) is -0.469. The molecule has 10 nitrogen and oxygen atoms in total. The van der Waals surface area contributed by atoms with Crippen molar-refractivity contribution in [3.8, 4) is 0 Å². The van der Waals surface area contributed by atoms with Gasteiger partial charge in [0.05, 0.1) is 30.1 Å². The first-order valence-electron chi connectivity index (χ1n) is 20.6. The van der Waals surface area contributed by atoms with E-state index in [1.165, 1.54) is 31.9 Å². The van der Waals surface area contributed by atoms with Crippen molar-refractivity contribution in [2.24, 2.45) is 23.7 Å². The Morgan fingerprint density at radius 1 is 1.00 bits per heavy atom. The van der Waals surface area contributed by atoms with Gasteiger partial charge in [-0.3, -0.25) is 14.4 Å². The lowest BCUT2D eigenvalue weighted by Gasteiger charge is -2.25. The molecule has 3 aromatic heterocycles. The fourth-order valence-corrected chi connectivity index (χ4v) is 9.32. The van der Waals surface area contributed by atoms with Gasteiger partial charge in [0.2, 0.25) is 0 Å². The molecule has 304 valence electrons. The maximum absolute atomic E-state index is 14.4. The number of Topliss-reactive ketones (excluding diaryl/α,β-unsaturated/α-hetero) is 1. The minimum absolute atomic E-state index is 0.0849. The van der Waals surface area contributed by atoms with E-state index in [9.17, 15) is 19.5 Å². The highest BCUT2D eigenvalue weighted by atomic mass is 16.5. The smallest absolute Gasteiger partial charge is 0.320 e. The zero-order chi connectivity index (χ0) is 41.1. The molecule has 5 atom stereocenters. The van der Waals surface area contributed by atoms with Crippen LogP contribution >= 0.6 is 0 Å². The summed E-state index contributed by atoms with van der Waals surface area (Å²) in [6.07, 6.45) is 18.1. The van der Waals surface area contributed by atoms with Gasteiger partial charge in [-0.15, -0.1) is 0 Å². The van der Waals surface area contributed by atoms with E-state index in [1.54, 1.807) is 0 Å². The monoisotopic (exact) mass is 776 g/mol. The van der Waals surface area contributed by atoms with E-state index in [4.69, 9.17) is 9.47 Å². The fourth-order valence-electron chi connectivity index (χ4n) is 9.32. The van der Waals surface area contributed by atoms with Gasteiger partial charge in [0.15, 0.2) is 5.78 Å². The van der Waals surface area contributed by atoms with E-state index >= 15 is 0 Å². The van der Waals surface area contributed by atoms with E-state index in [0.717, 1.165) is 80.8 Å². The highest BCUT2D eigenvalue weighted by Gasteiger charge is 2.49. The summed E-state index contributed by atoms with van der Waals surface area (Å²) in [5.74, 6) is -1.88. The van der Waals surface area contributed by atoms with Crippen LogP contribution in [0.25, 0.3) is 36.1 Å². The molecule has 1 aliphatic carbocycles. The van der Waals surface area contributed by atoms with Crippen LogP contribution in [0.2, 0.25) is 0 Å². The molecule has 1 saturated heterocycles. The predicted molar refractivity (Wildman–Crippen MR) is 227 cm³/mol. The number of esters is 2. The molecule has 2 aliphatic heterocycles. The number of carbonyl (C=O) groups excluding carboxylic acids is 3. The Morgan fingerprint density at radius 2 is 1.75 bits per heavy atom. The number of aromatic amines is 3. The number of aliphatic hydroxyl groups excluding tert-OH is 1. The number of rotatable bonds is 14. The fraction of sp³-hybridized carbons (Fsp3) is 0.468. The predicted octanol–water partition coefficient (Wildman–Crippen LogP) is 6.04. The highest BCUT2D eigenvalue weighted by Crippen LogP contribution is 2.42. The Kier molecular flexibility index (Phi) is 12.7. The van der Waals surface area contributed by atoms with Crippen LogP contribution in [-0.2, 0) is 25.5 Å². The normalized spacial score (nSPS) is 22.9. The van der Waals surface area contributed by atoms with Crippen LogP contribution in [0, 0.1) is 37.5 Å². The summed E-state index contributed by atoms with van der Waals surface area (Å²) in [5.41, 5.74) is 9.29. The lowest BCUT2D eigenvalue weighted by Crippen LogP contribution is -2.38. The number of H-pyrrole nitrogens is 3. The average Bonchev–Trinajstić information content (AvgIpc) is 3.94. The maximum atomic E-state index is 14.4. The summed E-state index contributed by atoms with van der Waals surface area (Å²) >= 11 is 0. The molecule has 5 heterocycles. The topological polar surface area (TPSA) is 149 Å². The zero-order valence-electron chi connectivity index (χ0n) is 34.9. The van der Waals surface area contributed by atoms with Crippen molar-refractivity contribution in [1.82, 2.24) is 20.3 Å². The number of nitrogens with one attached hydrogen (secondary N) is 4. The molecule has 1 fully saturated rings. The zero-order valence-corrected chi connectivity index (χ0v) is 34.9. The Bertz CT molecular complexity index is 2380. The molecule has 0 amide bonds. The Balaban J connectivity index is 1.43. The van der Waals surface area contributed by atoms with Crippen molar-refractivity contribution in [2.75, 3.05) is 13.7 Å². The molecule has 8 bridgehead atoms. The van der Waals surface area contributed by atoms with Crippen molar-refractivity contribution < 1.29 is 29.0 Å². The number of carbonyl (C=O) groups is 3. The number of methoxy groups -OCH3 is 1. The number of allylic oxidation sites excluding steroid dienone is 2. The molecule has 0 saturated carbocycles. The first-order valence-corrected chi connectivity index (χ1v) is 20.6. The lowest BCUT2D eigenvalue weighted by molar-refractivity contribution is -0.143. The van der Waals surface area contributed by atoms with Crippen LogP contribution in [0.5, 0.6) is 0 Å². The van der Waals surface area contributed by atoms with Crippen LogP contribution in [0.3, 0.4) is 0 Å². The van der Waals surface area contributed by atoms with Crippen LogP contribution in [-0.4, -0.2) is 57.5 Å². The highest BCUT2D eigenvalue weighted by molar-refractivity contribution is 6.19. The molecule has 0 radical (unpaired) electrons. The molecule has 3 aliphatic rings. The van der Waals surface area contributed by atoms with Gasteiger partial charge in [-0.25, -0.2) is 0 Å². The second-order valence-electron chi connectivity index (χ2n) is 16.2. The van der Waals surface area contributed by atoms with Crippen LogP contribution in [0.15, 0.2) is 23.9 Å². The van der Waals surface area contributed by atoms with Gasteiger partial charge in [0.1, 0.15) is 12.5 Å². The van der Waals surface area contributed by atoms with Crippen molar-refractivity contribution in [3.05, 3.63) is 90.1 Å². The molecule has 57 heavy (non-hydrogen) atoms. The van der Waals surface area contributed by atoms with E-state index < -0.39 is 17.9 Å². The SMILES string of the molecule is C=Cc1c2[nH]c(c1C)/C=C1/NC(C3=c4[nH]/c(c(C)c4C(=O)[C@@H]3C(=O)OC)=C\c3[nH]c(/c(=C\O)c3CC)=C\2)[C@@H](CCC(=O)OC/C=C(\C)CCC[C@H](C)CCC)[C@@H]1C. The van der Waals surface area contributed by atoms with Crippen molar-refractivity contribution in [3.63, 3.8) is 0 Å². The number of aliphatic hydroxyl groups is 1. The Labute approximate surface area is 335 Å². The number of ketones is 1. The van der Waals surface area contributed by atoms with E-state index in [-0.39, 0.29) is 36.6 Å². The summed E-state index contributed by atoms with van der Waals surface area (Å²) < 4.78 is 11.0. The molecular weight excluding hydrogens is 717 g/mol. The molecule has 10 heteroatoms. The third-order valence-corrected chi connectivity index (χ3v) is 12.6. The molecule has 6 rings (SSSR count). The minimum Gasteiger partial charge on any atom is -0.515 e. The lowest BCUT2D eigenvalue weighted by atomic mass is 9.80. The summed E-state index contributed by atoms with van der Waals surface area (Å²) in [5, 5.41) is 16.9. The quantitative estimate of drug-likeness (QED) is 0.0762. The standard InChI is InChI=1S/C47H60N4O6/c1-10-14-25(4)15-13-16-26(5)19-20-57-40(53)18-17-32-28(7)35-21-34-27(6)30(11-2)37(48-34)23-39-33(24-52)31(12-3)38(49-39)22-36-29(8)41-45(51-36)42(44(32)50-35)43(46(41)54)47(55)56-9/h11,19,21-25,28,32,43-44,48-52H,2,10,12-18,20H2,1,3-9H3/b26-19+,33-24-,35-21+,36-22-,39-23-/t25-,28+,32+,43-,44?/m1/s1. The Hall–Kier alpha value is -5.25. The number of aromatic nitrogens is 3. The van der Waals surface area contributed by atoms with Gasteiger partial charge in [0, 0.05) is 56.8 Å². The largest absolute Gasteiger partial charge is 0.515 e. The average molecular weight is 777 g/mol. The first-order chi connectivity index (χ1) is 27.4. The van der Waals surface area contributed by atoms with Crippen molar-refractivity contribution in [2.45, 2.75) is 106 Å². The summed E-state index contributed by atoms with van der Waals surface area (Å²) in [7, 11) is 1.31. The Morgan fingerprint density at radius 3 is 2.44 bits per heavy atom. The van der Waals surface area contributed by atoms with E-state index in [1.807, 2.05) is 45.1 Å². The number of hydrogen-bond acceptors (Lipinski definition) is 7. The van der Waals surface area contributed by atoms with E-state index in [0.29, 0.717) is 34.5 Å². The van der Waals surface area contributed by atoms with Gasteiger partial charge in [-0.2, -0.15) is 0 Å². The van der Waals surface area contributed by atoms with Crippen molar-refractivity contribution in [1.29, 1.82) is 0 Å².